The lowest BCUT2D eigenvalue weighted by molar-refractivity contribution is 0.103. The van der Waals surface area contributed by atoms with Crippen molar-refractivity contribution in [3.8, 4) is 5.69 Å². The van der Waals surface area contributed by atoms with Crippen LogP contribution < -0.4 is 10.9 Å². The van der Waals surface area contributed by atoms with Gasteiger partial charge in [-0.15, -0.1) is 0 Å². The maximum Gasteiger partial charge on any atom is 0.404 e. The number of carboxylic acid groups (broad SMARTS) is 1. The summed E-state index contributed by atoms with van der Waals surface area (Å²) in [6.07, 6.45) is -1.17. The van der Waals surface area contributed by atoms with E-state index in [1.54, 1.807) is 12.1 Å². The number of nitrogens with zero attached hydrogens (tertiary/aromatic N) is 2. The lowest BCUT2D eigenvalue weighted by Crippen LogP contribution is -2.22. The molecule has 2 heterocycles. The van der Waals surface area contributed by atoms with E-state index in [-0.39, 0.29) is 28.8 Å². The van der Waals surface area contributed by atoms with Crippen molar-refractivity contribution < 1.29 is 19.1 Å². The van der Waals surface area contributed by atoms with Gasteiger partial charge in [0, 0.05) is 6.54 Å². The van der Waals surface area contributed by atoms with Crippen molar-refractivity contribution in [1.29, 1.82) is 0 Å². The third kappa shape index (κ3) is 2.26. The Morgan fingerprint density at radius 2 is 2.00 bits per heavy atom. The minimum absolute atomic E-state index is 0.0464. The van der Waals surface area contributed by atoms with Gasteiger partial charge in [-0.25, -0.2) is 14.2 Å². The summed E-state index contributed by atoms with van der Waals surface area (Å²) in [7, 11) is 0. The number of rotatable bonds is 2. The Morgan fingerprint density at radius 3 is 2.76 bits per heavy atom. The maximum absolute atomic E-state index is 13.4. The third-order valence-electron chi connectivity index (χ3n) is 4.02. The fourth-order valence-corrected chi connectivity index (χ4v) is 2.90. The Morgan fingerprint density at radius 1 is 1.20 bits per heavy atom. The molecule has 0 bridgehead atoms. The number of ketones is 1. The highest BCUT2D eigenvalue weighted by Gasteiger charge is 2.30. The van der Waals surface area contributed by atoms with E-state index in [2.05, 4.69) is 10.3 Å². The molecule has 1 aliphatic rings. The van der Waals surface area contributed by atoms with Crippen molar-refractivity contribution in [2.75, 3.05) is 0 Å². The Balaban J connectivity index is 1.91. The number of benzene rings is 2. The monoisotopic (exact) mass is 339 g/mol. The molecular formula is C17H10FN3O4. The number of hydrogen-bond donors (Lipinski definition) is 2. The summed E-state index contributed by atoms with van der Waals surface area (Å²) in [5, 5.41) is 11.2. The van der Waals surface area contributed by atoms with Gasteiger partial charge in [-0.3, -0.25) is 14.2 Å². The quantitative estimate of drug-likeness (QED) is 0.580. The lowest BCUT2D eigenvalue weighted by Gasteiger charge is -2.07. The van der Waals surface area contributed by atoms with Gasteiger partial charge < -0.3 is 10.4 Å². The SMILES string of the molecule is O=C(O)NCc1ccc2c(=O)n3c(nc2c1)C(=O)c1cc(F)ccc1-3. The zero-order chi connectivity index (χ0) is 17.7. The largest absolute Gasteiger partial charge is 0.465 e. The molecule has 0 fully saturated rings. The van der Waals surface area contributed by atoms with Gasteiger partial charge in [0.05, 0.1) is 22.2 Å². The van der Waals surface area contributed by atoms with Gasteiger partial charge in [0.15, 0.2) is 5.82 Å². The molecule has 0 spiro atoms. The molecule has 124 valence electrons. The number of hydrogen-bond acceptors (Lipinski definition) is 4. The molecule has 0 radical (unpaired) electrons. The Kier molecular flexibility index (Phi) is 3.14. The zero-order valence-electron chi connectivity index (χ0n) is 12.6. The summed E-state index contributed by atoms with van der Waals surface area (Å²) in [5.41, 5.74) is 0.838. The summed E-state index contributed by atoms with van der Waals surface area (Å²) in [4.78, 5) is 40.0. The van der Waals surface area contributed by atoms with Crippen LogP contribution in [0, 0.1) is 5.82 Å². The average Bonchev–Trinajstić information content (AvgIpc) is 2.85. The average molecular weight is 339 g/mol. The van der Waals surface area contributed by atoms with Crippen molar-refractivity contribution in [3.05, 3.63) is 69.5 Å². The molecule has 8 heteroatoms. The fourth-order valence-electron chi connectivity index (χ4n) is 2.90. The van der Waals surface area contributed by atoms with Crippen LogP contribution >= 0.6 is 0 Å². The highest BCUT2D eigenvalue weighted by Crippen LogP contribution is 2.27. The number of halogens is 1. The van der Waals surface area contributed by atoms with Crippen LogP contribution in [0.25, 0.3) is 16.6 Å². The highest BCUT2D eigenvalue weighted by molar-refractivity contribution is 6.13. The molecule has 0 saturated carbocycles. The van der Waals surface area contributed by atoms with Crippen LogP contribution in [0.4, 0.5) is 9.18 Å². The molecule has 0 aliphatic carbocycles. The second-order valence-electron chi connectivity index (χ2n) is 5.58. The lowest BCUT2D eigenvalue weighted by atomic mass is 10.1. The third-order valence-corrected chi connectivity index (χ3v) is 4.02. The second-order valence-corrected chi connectivity index (χ2v) is 5.58. The van der Waals surface area contributed by atoms with Crippen molar-refractivity contribution in [3.63, 3.8) is 0 Å². The van der Waals surface area contributed by atoms with Crippen molar-refractivity contribution in [2.45, 2.75) is 6.54 Å². The maximum atomic E-state index is 13.4. The van der Waals surface area contributed by atoms with Crippen LogP contribution in [0.1, 0.15) is 21.7 Å². The molecular weight excluding hydrogens is 329 g/mol. The van der Waals surface area contributed by atoms with Crippen LogP contribution in [0.3, 0.4) is 0 Å². The molecule has 2 N–H and O–H groups in total. The van der Waals surface area contributed by atoms with Crippen LogP contribution in [-0.2, 0) is 6.54 Å². The minimum Gasteiger partial charge on any atom is -0.465 e. The molecule has 4 rings (SSSR count). The summed E-state index contributed by atoms with van der Waals surface area (Å²) in [6.45, 7) is 0.0464. The van der Waals surface area contributed by atoms with Crippen LogP contribution in [0.5, 0.6) is 0 Å². The molecule has 0 atom stereocenters. The van der Waals surface area contributed by atoms with E-state index in [0.29, 0.717) is 11.3 Å². The second kappa shape index (κ2) is 5.23. The summed E-state index contributed by atoms with van der Waals surface area (Å²) < 4.78 is 14.6. The van der Waals surface area contributed by atoms with E-state index >= 15 is 0 Å². The summed E-state index contributed by atoms with van der Waals surface area (Å²) >= 11 is 0. The standard InChI is InChI=1S/C17H10FN3O4/c18-9-2-4-13-11(6-9)14(22)15-20-12-5-8(7-19-17(24)25)1-3-10(12)16(23)21(13)15/h1-6,19H,7H2,(H,24,25). The fraction of sp³-hybridized carbons (Fsp3) is 0.0588. The Bertz CT molecular complexity index is 1140. The number of carbonyl (C=O) groups is 2. The topological polar surface area (TPSA) is 101 Å². The van der Waals surface area contributed by atoms with Crippen LogP contribution in [0.2, 0.25) is 0 Å². The molecule has 1 amide bonds. The molecule has 1 aliphatic heterocycles. The molecule has 3 aromatic rings. The van der Waals surface area contributed by atoms with E-state index in [1.165, 1.54) is 22.8 Å². The first-order valence-electron chi connectivity index (χ1n) is 7.33. The number of carbonyl (C=O) groups excluding carboxylic acids is 1. The normalized spacial score (nSPS) is 12.1. The first kappa shape index (κ1) is 15.0. The van der Waals surface area contributed by atoms with Gasteiger partial charge in [0.2, 0.25) is 5.78 Å². The Hall–Kier alpha value is -3.55. The van der Waals surface area contributed by atoms with Crippen molar-refractivity contribution in [1.82, 2.24) is 14.9 Å². The molecule has 25 heavy (non-hydrogen) atoms. The number of fused-ring (bicyclic) bond motifs is 4. The van der Waals surface area contributed by atoms with Crippen LogP contribution in [0.15, 0.2) is 41.2 Å². The van der Waals surface area contributed by atoms with Gasteiger partial charge in [-0.1, -0.05) is 6.07 Å². The van der Waals surface area contributed by atoms with Gasteiger partial charge in [-0.2, -0.15) is 0 Å². The van der Waals surface area contributed by atoms with Crippen LogP contribution in [-0.4, -0.2) is 26.5 Å². The predicted octanol–water partition coefficient (Wildman–Crippen LogP) is 1.84. The van der Waals surface area contributed by atoms with Gasteiger partial charge in [0.1, 0.15) is 5.82 Å². The molecule has 0 unspecified atom stereocenters. The van der Waals surface area contributed by atoms with Gasteiger partial charge in [-0.05, 0) is 35.9 Å². The van der Waals surface area contributed by atoms with Crippen molar-refractivity contribution in [2.24, 2.45) is 0 Å². The molecule has 7 nitrogen and oxygen atoms in total. The number of amides is 1. The Labute approximate surface area is 139 Å². The molecule has 2 aromatic carbocycles. The summed E-state index contributed by atoms with van der Waals surface area (Å²) in [5.74, 6) is -1.18. The zero-order valence-corrected chi connectivity index (χ0v) is 12.6. The first-order chi connectivity index (χ1) is 12.0. The number of nitrogens with one attached hydrogen (secondary N) is 1. The molecule has 1 aromatic heterocycles. The molecule has 0 saturated heterocycles. The van der Waals surface area contributed by atoms with E-state index in [4.69, 9.17) is 5.11 Å². The van der Waals surface area contributed by atoms with E-state index in [1.807, 2.05) is 0 Å². The van der Waals surface area contributed by atoms with Crippen molar-refractivity contribution >= 4 is 22.8 Å². The van der Waals surface area contributed by atoms with Gasteiger partial charge >= 0.3 is 6.09 Å². The van der Waals surface area contributed by atoms with E-state index in [9.17, 15) is 18.8 Å². The minimum atomic E-state index is -1.17. The van der Waals surface area contributed by atoms with E-state index in [0.717, 1.165) is 6.07 Å². The summed E-state index contributed by atoms with van der Waals surface area (Å²) in [6, 6.07) is 8.32. The number of aromatic nitrogens is 2. The first-order valence-corrected chi connectivity index (χ1v) is 7.33. The van der Waals surface area contributed by atoms with Gasteiger partial charge in [0.25, 0.3) is 5.56 Å². The highest BCUT2D eigenvalue weighted by atomic mass is 19.1. The smallest absolute Gasteiger partial charge is 0.404 e. The predicted molar refractivity (Wildman–Crippen MR) is 85.6 cm³/mol. The van der Waals surface area contributed by atoms with E-state index < -0.39 is 23.3 Å².